The molecule has 1 fully saturated rings. The number of methoxy groups -OCH3 is 3. The van der Waals surface area contributed by atoms with Crippen LogP contribution >= 0.6 is 0 Å². The molecular weight excluding hydrogens is 218 g/mol. The van der Waals surface area contributed by atoms with Gasteiger partial charge in [-0.25, -0.2) is 0 Å². The Labute approximate surface area is 102 Å². The average molecular weight is 237 g/mol. The smallest absolute Gasteiger partial charge is 0.164 e. The van der Waals surface area contributed by atoms with Crippen LogP contribution in [0.3, 0.4) is 0 Å². The molecule has 4 heteroatoms. The van der Waals surface area contributed by atoms with Gasteiger partial charge < -0.3 is 19.9 Å². The Kier molecular flexibility index (Phi) is 3.43. The van der Waals surface area contributed by atoms with E-state index in [1.54, 1.807) is 21.3 Å². The van der Waals surface area contributed by atoms with E-state index in [-0.39, 0.29) is 0 Å². The van der Waals surface area contributed by atoms with E-state index in [1.807, 2.05) is 12.1 Å². The highest BCUT2D eigenvalue weighted by Crippen LogP contribution is 2.52. The Bertz CT molecular complexity index is 406. The summed E-state index contributed by atoms with van der Waals surface area (Å²) in [7, 11) is 4.93. The van der Waals surface area contributed by atoms with E-state index in [0.717, 1.165) is 24.5 Å². The minimum atomic E-state index is 0.495. The molecule has 0 radical (unpaired) electrons. The summed E-state index contributed by atoms with van der Waals surface area (Å²) in [6.07, 6.45) is 1.13. The van der Waals surface area contributed by atoms with Crippen molar-refractivity contribution in [1.29, 1.82) is 0 Å². The van der Waals surface area contributed by atoms with Gasteiger partial charge in [0.05, 0.1) is 21.3 Å². The first kappa shape index (κ1) is 12.0. The predicted molar refractivity (Wildman–Crippen MR) is 66.0 cm³/mol. The van der Waals surface area contributed by atoms with Gasteiger partial charge in [-0.3, -0.25) is 0 Å². The van der Waals surface area contributed by atoms with Crippen molar-refractivity contribution in [3.63, 3.8) is 0 Å². The predicted octanol–water partition coefficient (Wildman–Crippen LogP) is 1.77. The second-order valence-corrected chi connectivity index (χ2v) is 4.29. The van der Waals surface area contributed by atoms with Crippen LogP contribution in [0.2, 0.25) is 0 Å². The van der Waals surface area contributed by atoms with Crippen molar-refractivity contribution in [3.05, 3.63) is 17.7 Å². The van der Waals surface area contributed by atoms with Gasteiger partial charge in [-0.15, -0.1) is 0 Å². The fraction of sp³-hybridized carbons (Fsp3) is 0.538. The van der Waals surface area contributed by atoms with Crippen LogP contribution in [0.15, 0.2) is 12.1 Å². The van der Waals surface area contributed by atoms with Crippen LogP contribution in [0, 0.1) is 5.92 Å². The van der Waals surface area contributed by atoms with Crippen molar-refractivity contribution >= 4 is 0 Å². The highest BCUT2D eigenvalue weighted by Gasteiger charge is 2.39. The Morgan fingerprint density at radius 3 is 2.12 bits per heavy atom. The maximum atomic E-state index is 5.68. The van der Waals surface area contributed by atoms with Gasteiger partial charge in [-0.05, 0) is 30.9 Å². The Morgan fingerprint density at radius 2 is 1.65 bits per heavy atom. The lowest BCUT2D eigenvalue weighted by Crippen LogP contribution is -2.03. The summed E-state index contributed by atoms with van der Waals surface area (Å²) in [4.78, 5) is 0. The molecule has 2 unspecified atom stereocenters. The first-order valence-corrected chi connectivity index (χ1v) is 5.75. The molecule has 2 N–H and O–H groups in total. The summed E-state index contributed by atoms with van der Waals surface area (Å²) in [5, 5.41) is 0. The summed E-state index contributed by atoms with van der Waals surface area (Å²) >= 11 is 0. The molecule has 0 spiro atoms. The van der Waals surface area contributed by atoms with Crippen LogP contribution in [0.1, 0.15) is 17.9 Å². The molecule has 0 aromatic heterocycles. The molecule has 1 aliphatic rings. The molecule has 0 saturated heterocycles. The van der Waals surface area contributed by atoms with Crippen molar-refractivity contribution in [1.82, 2.24) is 0 Å². The fourth-order valence-corrected chi connectivity index (χ4v) is 2.23. The second-order valence-electron chi connectivity index (χ2n) is 4.29. The summed E-state index contributed by atoms with van der Waals surface area (Å²) < 4.78 is 16.0. The maximum Gasteiger partial charge on any atom is 0.164 e. The number of rotatable bonds is 5. The number of nitrogens with two attached hydrogens (primary N) is 1. The molecule has 2 rings (SSSR count). The Balaban J connectivity index is 2.37. The van der Waals surface area contributed by atoms with Gasteiger partial charge in [-0.2, -0.15) is 0 Å². The van der Waals surface area contributed by atoms with Crippen molar-refractivity contribution in [3.8, 4) is 17.2 Å². The van der Waals surface area contributed by atoms with Gasteiger partial charge in [0.25, 0.3) is 0 Å². The van der Waals surface area contributed by atoms with E-state index in [4.69, 9.17) is 19.9 Å². The topological polar surface area (TPSA) is 53.7 Å². The van der Waals surface area contributed by atoms with E-state index in [2.05, 4.69) is 0 Å². The van der Waals surface area contributed by atoms with Gasteiger partial charge in [-0.1, -0.05) is 0 Å². The molecule has 2 atom stereocenters. The minimum absolute atomic E-state index is 0.495. The quantitative estimate of drug-likeness (QED) is 0.848. The average Bonchev–Trinajstić information content (AvgIpc) is 3.16. The standard InChI is InChI=1S/C13H19NO3/c1-15-11-6-13(17-3)12(16-2)5-10(11)9-4-8(9)7-14/h5-6,8-9H,4,7,14H2,1-3H3. The summed E-state index contributed by atoms with van der Waals surface area (Å²) in [6.45, 7) is 0.724. The lowest BCUT2D eigenvalue weighted by Gasteiger charge is -2.14. The second kappa shape index (κ2) is 4.84. The zero-order chi connectivity index (χ0) is 12.4. The van der Waals surface area contributed by atoms with Gasteiger partial charge in [0.2, 0.25) is 0 Å². The fourth-order valence-electron chi connectivity index (χ4n) is 2.23. The zero-order valence-electron chi connectivity index (χ0n) is 10.5. The normalized spacial score (nSPS) is 22.1. The monoisotopic (exact) mass is 237 g/mol. The Morgan fingerprint density at radius 1 is 1.06 bits per heavy atom. The molecule has 1 aromatic carbocycles. The van der Waals surface area contributed by atoms with Crippen molar-refractivity contribution in [2.75, 3.05) is 27.9 Å². The summed E-state index contributed by atoms with van der Waals surface area (Å²) in [5.41, 5.74) is 6.85. The highest BCUT2D eigenvalue weighted by atomic mass is 16.5. The van der Waals surface area contributed by atoms with Gasteiger partial charge in [0.15, 0.2) is 11.5 Å². The highest BCUT2D eigenvalue weighted by molar-refractivity contribution is 5.53. The zero-order valence-corrected chi connectivity index (χ0v) is 10.5. The number of hydrogen-bond acceptors (Lipinski definition) is 4. The third-order valence-electron chi connectivity index (χ3n) is 3.36. The number of hydrogen-bond donors (Lipinski definition) is 1. The van der Waals surface area contributed by atoms with E-state index >= 15 is 0 Å². The third-order valence-corrected chi connectivity index (χ3v) is 3.36. The van der Waals surface area contributed by atoms with Crippen LogP contribution in [-0.4, -0.2) is 27.9 Å². The van der Waals surface area contributed by atoms with Crippen LogP contribution in [-0.2, 0) is 0 Å². The van der Waals surface area contributed by atoms with E-state index in [0.29, 0.717) is 17.6 Å². The van der Waals surface area contributed by atoms with Gasteiger partial charge >= 0.3 is 0 Å². The lowest BCUT2D eigenvalue weighted by atomic mass is 10.1. The molecule has 1 aromatic rings. The molecule has 94 valence electrons. The molecule has 1 saturated carbocycles. The van der Waals surface area contributed by atoms with Crippen molar-refractivity contribution in [2.24, 2.45) is 11.7 Å². The third kappa shape index (κ3) is 2.17. The first-order valence-electron chi connectivity index (χ1n) is 5.75. The van der Waals surface area contributed by atoms with E-state index in [9.17, 15) is 0 Å². The van der Waals surface area contributed by atoms with Crippen LogP contribution in [0.25, 0.3) is 0 Å². The SMILES string of the molecule is COc1cc(OC)c(C2CC2CN)cc1OC. The largest absolute Gasteiger partial charge is 0.496 e. The van der Waals surface area contributed by atoms with Gasteiger partial charge in [0.1, 0.15) is 5.75 Å². The Hall–Kier alpha value is -1.42. The first-order chi connectivity index (χ1) is 8.24. The van der Waals surface area contributed by atoms with Crippen molar-refractivity contribution in [2.45, 2.75) is 12.3 Å². The molecular formula is C13H19NO3. The summed E-state index contributed by atoms with van der Waals surface area (Å²) in [5.74, 6) is 3.35. The van der Waals surface area contributed by atoms with Gasteiger partial charge in [0, 0.05) is 11.6 Å². The molecule has 0 amide bonds. The number of benzene rings is 1. The van der Waals surface area contributed by atoms with Crippen LogP contribution in [0.5, 0.6) is 17.2 Å². The molecule has 0 aliphatic heterocycles. The lowest BCUT2D eigenvalue weighted by molar-refractivity contribution is 0.347. The summed E-state index contributed by atoms with van der Waals surface area (Å²) in [6, 6.07) is 3.87. The molecule has 4 nitrogen and oxygen atoms in total. The minimum Gasteiger partial charge on any atom is -0.496 e. The maximum absolute atomic E-state index is 5.68. The van der Waals surface area contributed by atoms with Crippen LogP contribution < -0.4 is 19.9 Å². The van der Waals surface area contributed by atoms with E-state index < -0.39 is 0 Å². The number of ether oxygens (including phenoxy) is 3. The molecule has 0 heterocycles. The molecule has 17 heavy (non-hydrogen) atoms. The van der Waals surface area contributed by atoms with E-state index in [1.165, 1.54) is 5.56 Å². The molecule has 0 bridgehead atoms. The molecule has 1 aliphatic carbocycles. The van der Waals surface area contributed by atoms with Crippen LogP contribution in [0.4, 0.5) is 0 Å². The van der Waals surface area contributed by atoms with Crippen molar-refractivity contribution < 1.29 is 14.2 Å².